The Morgan fingerprint density at radius 3 is 2.75 bits per heavy atom. The lowest BCUT2D eigenvalue weighted by atomic mass is 9.98. The van der Waals surface area contributed by atoms with Gasteiger partial charge < -0.3 is 24.6 Å². The van der Waals surface area contributed by atoms with Gasteiger partial charge in [-0.05, 0) is 37.0 Å². The zero-order valence-electron chi connectivity index (χ0n) is 17.1. The van der Waals surface area contributed by atoms with Crippen LogP contribution in [0.15, 0.2) is 18.2 Å². The van der Waals surface area contributed by atoms with Gasteiger partial charge in [0.25, 0.3) is 5.91 Å². The molecule has 7 heteroatoms. The van der Waals surface area contributed by atoms with Crippen molar-refractivity contribution < 1.29 is 19.1 Å². The van der Waals surface area contributed by atoms with E-state index in [0.29, 0.717) is 37.7 Å². The maximum absolute atomic E-state index is 12.7. The third-order valence-corrected chi connectivity index (χ3v) is 5.72. The number of rotatable bonds is 6. The Balaban J connectivity index is 1.64. The van der Waals surface area contributed by atoms with E-state index in [1.807, 2.05) is 24.1 Å². The predicted octanol–water partition coefficient (Wildman–Crippen LogP) is 1.91. The van der Waals surface area contributed by atoms with Crippen molar-refractivity contribution in [3.63, 3.8) is 0 Å². The summed E-state index contributed by atoms with van der Waals surface area (Å²) >= 11 is 0. The molecular formula is C21H31N3O4. The van der Waals surface area contributed by atoms with Gasteiger partial charge in [0, 0.05) is 39.4 Å². The predicted molar refractivity (Wildman–Crippen MR) is 108 cm³/mol. The van der Waals surface area contributed by atoms with E-state index in [2.05, 4.69) is 17.1 Å². The number of hydrogen-bond acceptors (Lipinski definition) is 5. The summed E-state index contributed by atoms with van der Waals surface area (Å²) in [5, 5.41) is 2.83. The van der Waals surface area contributed by atoms with Gasteiger partial charge >= 0.3 is 0 Å². The van der Waals surface area contributed by atoms with Gasteiger partial charge in [-0.25, -0.2) is 0 Å². The van der Waals surface area contributed by atoms with Crippen LogP contribution in [0.25, 0.3) is 0 Å². The first kappa shape index (κ1) is 20.5. The van der Waals surface area contributed by atoms with Crippen LogP contribution in [-0.4, -0.2) is 69.8 Å². The summed E-state index contributed by atoms with van der Waals surface area (Å²) in [4.78, 5) is 29.1. The highest BCUT2D eigenvalue weighted by atomic mass is 16.5. The highest BCUT2D eigenvalue weighted by Crippen LogP contribution is 2.34. The van der Waals surface area contributed by atoms with Gasteiger partial charge in [0.1, 0.15) is 12.4 Å². The van der Waals surface area contributed by atoms with Crippen LogP contribution in [0.5, 0.6) is 5.75 Å². The number of fused-ring (bicyclic) bond motifs is 1. The van der Waals surface area contributed by atoms with E-state index in [0.717, 1.165) is 37.4 Å². The minimum absolute atomic E-state index is 0.0360. The maximum Gasteiger partial charge on any atom is 0.251 e. The standard InChI is InChI=1S/C21H31N3O4/c1-15-6-9-24(10-7-15)20(25)13-17-14-28-19-5-4-16(12-18(19)23(17)2)21(26)22-8-11-27-3/h4-5,12,15,17H,6-11,13-14H2,1-3H3,(H,22,26)/t17-/m1/s1. The topological polar surface area (TPSA) is 71.1 Å². The molecule has 0 radical (unpaired) electrons. The van der Waals surface area contributed by atoms with Crippen LogP contribution >= 0.6 is 0 Å². The lowest BCUT2D eigenvalue weighted by molar-refractivity contribution is -0.133. The Morgan fingerprint density at radius 1 is 1.29 bits per heavy atom. The zero-order valence-corrected chi connectivity index (χ0v) is 17.1. The van der Waals surface area contributed by atoms with Crippen molar-refractivity contribution >= 4 is 17.5 Å². The number of hydrogen-bond donors (Lipinski definition) is 1. The molecule has 1 aromatic carbocycles. The van der Waals surface area contributed by atoms with Crippen molar-refractivity contribution in [3.05, 3.63) is 23.8 Å². The van der Waals surface area contributed by atoms with Gasteiger partial charge in [0.2, 0.25) is 5.91 Å². The number of likely N-dealkylation sites (N-methyl/N-ethyl adjacent to an activating group) is 1. The van der Waals surface area contributed by atoms with Crippen LogP contribution in [-0.2, 0) is 9.53 Å². The van der Waals surface area contributed by atoms with Crippen molar-refractivity contribution in [3.8, 4) is 5.75 Å². The highest BCUT2D eigenvalue weighted by molar-refractivity contribution is 5.95. The minimum Gasteiger partial charge on any atom is -0.489 e. The average molecular weight is 389 g/mol. The average Bonchev–Trinajstić information content (AvgIpc) is 2.70. The molecule has 1 fully saturated rings. The van der Waals surface area contributed by atoms with Gasteiger partial charge in [0.05, 0.1) is 24.8 Å². The first-order chi connectivity index (χ1) is 13.5. The molecule has 0 bridgehead atoms. The van der Waals surface area contributed by atoms with Crippen molar-refractivity contribution in [2.45, 2.75) is 32.2 Å². The molecule has 1 aromatic rings. The fourth-order valence-corrected chi connectivity index (χ4v) is 3.70. The Labute approximate surface area is 167 Å². The van der Waals surface area contributed by atoms with Gasteiger partial charge in [-0.1, -0.05) is 6.92 Å². The fourth-order valence-electron chi connectivity index (χ4n) is 3.70. The van der Waals surface area contributed by atoms with E-state index in [9.17, 15) is 9.59 Å². The van der Waals surface area contributed by atoms with E-state index in [1.165, 1.54) is 0 Å². The fraction of sp³-hybridized carbons (Fsp3) is 0.619. The van der Waals surface area contributed by atoms with Crippen LogP contribution in [0.4, 0.5) is 5.69 Å². The van der Waals surface area contributed by atoms with Crippen LogP contribution in [0.2, 0.25) is 0 Å². The van der Waals surface area contributed by atoms with Crippen LogP contribution in [0.3, 0.4) is 0 Å². The number of piperidine rings is 1. The monoisotopic (exact) mass is 389 g/mol. The summed E-state index contributed by atoms with van der Waals surface area (Å²) in [6.07, 6.45) is 2.58. The Kier molecular flexibility index (Phi) is 6.78. The van der Waals surface area contributed by atoms with E-state index in [-0.39, 0.29) is 17.9 Å². The summed E-state index contributed by atoms with van der Waals surface area (Å²) < 4.78 is 10.8. The molecule has 1 atom stereocenters. The summed E-state index contributed by atoms with van der Waals surface area (Å²) in [7, 11) is 3.56. The molecule has 2 heterocycles. The number of carbonyl (C=O) groups is 2. The van der Waals surface area contributed by atoms with Gasteiger partial charge in [-0.2, -0.15) is 0 Å². The summed E-state index contributed by atoms with van der Waals surface area (Å²) in [6.45, 7) is 5.34. The number of carbonyl (C=O) groups excluding carboxylic acids is 2. The second kappa shape index (κ2) is 9.28. The zero-order chi connectivity index (χ0) is 20.1. The van der Waals surface area contributed by atoms with Crippen LogP contribution in [0.1, 0.15) is 36.5 Å². The van der Waals surface area contributed by atoms with Crippen molar-refractivity contribution in [2.24, 2.45) is 5.92 Å². The molecule has 7 nitrogen and oxygen atoms in total. The van der Waals surface area contributed by atoms with E-state index >= 15 is 0 Å². The van der Waals surface area contributed by atoms with E-state index < -0.39 is 0 Å². The lowest BCUT2D eigenvalue weighted by Crippen LogP contribution is -2.46. The number of amides is 2. The summed E-state index contributed by atoms with van der Waals surface area (Å²) in [5.74, 6) is 1.48. The number of benzene rings is 1. The third kappa shape index (κ3) is 4.76. The molecule has 2 aliphatic rings. The highest BCUT2D eigenvalue weighted by Gasteiger charge is 2.30. The van der Waals surface area contributed by atoms with Crippen molar-refractivity contribution in [2.75, 3.05) is 51.9 Å². The first-order valence-electron chi connectivity index (χ1n) is 10.0. The number of anilines is 1. The summed E-state index contributed by atoms with van der Waals surface area (Å²) in [6, 6.07) is 5.37. The lowest BCUT2D eigenvalue weighted by Gasteiger charge is -2.37. The molecule has 0 spiro atoms. The van der Waals surface area contributed by atoms with E-state index in [1.54, 1.807) is 13.2 Å². The molecule has 0 saturated carbocycles. The molecule has 2 amide bonds. The number of nitrogens with one attached hydrogen (secondary N) is 1. The van der Waals surface area contributed by atoms with Crippen molar-refractivity contribution in [1.29, 1.82) is 0 Å². The largest absolute Gasteiger partial charge is 0.489 e. The Hall–Kier alpha value is -2.28. The molecule has 1 N–H and O–H groups in total. The van der Waals surface area contributed by atoms with Gasteiger partial charge in [-0.15, -0.1) is 0 Å². The van der Waals surface area contributed by atoms with Crippen LogP contribution < -0.4 is 15.0 Å². The SMILES string of the molecule is COCCNC(=O)c1ccc2c(c1)N(C)[C@H](CC(=O)N1CCC(C)CC1)CO2. The molecule has 28 heavy (non-hydrogen) atoms. The Morgan fingerprint density at radius 2 is 2.04 bits per heavy atom. The number of nitrogens with zero attached hydrogens (tertiary/aromatic N) is 2. The Bertz CT molecular complexity index is 701. The molecular weight excluding hydrogens is 358 g/mol. The van der Waals surface area contributed by atoms with Gasteiger partial charge in [-0.3, -0.25) is 9.59 Å². The second-order valence-corrected chi connectivity index (χ2v) is 7.77. The normalized spacial score (nSPS) is 19.8. The number of methoxy groups -OCH3 is 1. The van der Waals surface area contributed by atoms with Gasteiger partial charge in [0.15, 0.2) is 0 Å². The number of likely N-dealkylation sites (tertiary alicyclic amines) is 1. The molecule has 0 aliphatic carbocycles. The maximum atomic E-state index is 12.7. The van der Waals surface area contributed by atoms with E-state index in [4.69, 9.17) is 9.47 Å². The quantitative estimate of drug-likeness (QED) is 0.753. The van der Waals surface area contributed by atoms with Crippen molar-refractivity contribution in [1.82, 2.24) is 10.2 Å². The third-order valence-electron chi connectivity index (χ3n) is 5.72. The number of ether oxygens (including phenoxy) is 2. The molecule has 154 valence electrons. The molecule has 2 aliphatic heterocycles. The smallest absolute Gasteiger partial charge is 0.251 e. The first-order valence-corrected chi connectivity index (χ1v) is 10.0. The summed E-state index contributed by atoms with van der Waals surface area (Å²) in [5.41, 5.74) is 1.41. The minimum atomic E-state index is -0.145. The second-order valence-electron chi connectivity index (χ2n) is 7.77. The van der Waals surface area contributed by atoms with Crippen LogP contribution in [0, 0.1) is 5.92 Å². The molecule has 1 saturated heterocycles. The molecule has 0 aromatic heterocycles. The molecule has 0 unspecified atom stereocenters. The molecule has 3 rings (SSSR count).